The van der Waals surface area contributed by atoms with Gasteiger partial charge in [0.15, 0.2) is 5.78 Å². The van der Waals surface area contributed by atoms with Crippen LogP contribution in [0.1, 0.15) is 45.7 Å². The lowest BCUT2D eigenvalue weighted by atomic mass is 9.97. The molecule has 0 spiro atoms. The monoisotopic (exact) mass is 442 g/mol. The van der Waals surface area contributed by atoms with E-state index in [1.165, 1.54) is 6.92 Å². The topological polar surface area (TPSA) is 86.6 Å². The molecule has 7 nitrogen and oxygen atoms in total. The zero-order valence-corrected chi connectivity index (χ0v) is 18.5. The van der Waals surface area contributed by atoms with Crippen molar-refractivity contribution >= 4 is 39.3 Å². The number of rotatable bonds is 5. The SMILES string of the molecule is CCn1c2ccc(C(=O)c3ccccc3C)cc2c2c3c(ccc21)C(=O)C(NOC(C)=O)O3. The van der Waals surface area contributed by atoms with Crippen LogP contribution in [-0.2, 0) is 16.2 Å². The van der Waals surface area contributed by atoms with Gasteiger partial charge < -0.3 is 14.1 Å². The van der Waals surface area contributed by atoms with Crippen molar-refractivity contribution in [2.45, 2.75) is 33.5 Å². The molecule has 1 aliphatic heterocycles. The summed E-state index contributed by atoms with van der Waals surface area (Å²) in [4.78, 5) is 42.0. The van der Waals surface area contributed by atoms with Crippen molar-refractivity contribution in [1.82, 2.24) is 10.0 Å². The Morgan fingerprint density at radius 2 is 1.85 bits per heavy atom. The van der Waals surface area contributed by atoms with E-state index in [4.69, 9.17) is 9.57 Å². The van der Waals surface area contributed by atoms with Crippen molar-refractivity contribution < 1.29 is 24.0 Å². The summed E-state index contributed by atoms with van der Waals surface area (Å²) in [6, 6.07) is 16.7. The van der Waals surface area contributed by atoms with Crippen LogP contribution in [0.4, 0.5) is 0 Å². The minimum Gasteiger partial charge on any atom is -0.463 e. The number of hydrogen-bond acceptors (Lipinski definition) is 6. The van der Waals surface area contributed by atoms with E-state index in [2.05, 4.69) is 10.0 Å². The second-order valence-corrected chi connectivity index (χ2v) is 8.03. The van der Waals surface area contributed by atoms with Gasteiger partial charge in [-0.1, -0.05) is 24.3 Å². The molecule has 166 valence electrons. The summed E-state index contributed by atoms with van der Waals surface area (Å²) in [5.74, 6) is -0.543. The zero-order valence-electron chi connectivity index (χ0n) is 18.5. The second kappa shape index (κ2) is 7.86. The van der Waals surface area contributed by atoms with Crippen LogP contribution >= 0.6 is 0 Å². The Kier molecular flexibility index (Phi) is 4.98. The highest BCUT2D eigenvalue weighted by molar-refractivity contribution is 6.19. The molecule has 1 aromatic heterocycles. The minimum absolute atomic E-state index is 0.0635. The summed E-state index contributed by atoms with van der Waals surface area (Å²) >= 11 is 0. The van der Waals surface area contributed by atoms with Gasteiger partial charge in [-0.05, 0) is 49.7 Å². The number of carbonyl (C=O) groups excluding carboxylic acids is 3. The van der Waals surface area contributed by atoms with Crippen LogP contribution in [0, 0.1) is 6.92 Å². The van der Waals surface area contributed by atoms with Crippen molar-refractivity contribution in [2.75, 3.05) is 0 Å². The number of Topliss-reactive ketones (excluding diaryl/α,β-unsaturated/α-hetero) is 1. The first-order chi connectivity index (χ1) is 15.9. The van der Waals surface area contributed by atoms with Crippen LogP contribution < -0.4 is 10.2 Å². The van der Waals surface area contributed by atoms with Crippen molar-refractivity contribution in [2.24, 2.45) is 0 Å². The summed E-state index contributed by atoms with van der Waals surface area (Å²) in [6.07, 6.45) is -1.12. The molecule has 4 aromatic rings. The maximum Gasteiger partial charge on any atom is 0.321 e. The number of carbonyl (C=O) groups is 3. The van der Waals surface area contributed by atoms with Crippen LogP contribution in [0.3, 0.4) is 0 Å². The molecule has 7 heteroatoms. The molecule has 0 saturated carbocycles. The Morgan fingerprint density at radius 3 is 2.58 bits per heavy atom. The number of fused-ring (bicyclic) bond motifs is 5. The molecule has 5 rings (SSSR count). The van der Waals surface area contributed by atoms with E-state index in [0.29, 0.717) is 29.0 Å². The highest BCUT2D eigenvalue weighted by atomic mass is 16.7. The van der Waals surface area contributed by atoms with Gasteiger partial charge in [-0.25, -0.2) is 0 Å². The van der Waals surface area contributed by atoms with Gasteiger partial charge in [0.05, 0.1) is 16.5 Å². The Morgan fingerprint density at radius 1 is 1.09 bits per heavy atom. The number of hydroxylamine groups is 1. The summed E-state index contributed by atoms with van der Waals surface area (Å²) in [6.45, 7) is 5.89. The van der Waals surface area contributed by atoms with Gasteiger partial charge in [0, 0.05) is 35.5 Å². The second-order valence-electron chi connectivity index (χ2n) is 8.03. The summed E-state index contributed by atoms with van der Waals surface area (Å²) in [5, 5.41) is 1.58. The Hall–Kier alpha value is -3.97. The third-order valence-electron chi connectivity index (χ3n) is 6.00. The number of hydrogen-bond donors (Lipinski definition) is 1. The van der Waals surface area contributed by atoms with E-state index in [0.717, 1.165) is 27.4 Å². The third-order valence-corrected chi connectivity index (χ3v) is 6.00. The van der Waals surface area contributed by atoms with Gasteiger partial charge in [-0.2, -0.15) is 0 Å². The lowest BCUT2D eigenvalue weighted by molar-refractivity contribution is -0.152. The number of benzene rings is 3. The number of nitrogens with one attached hydrogen (secondary N) is 1. The van der Waals surface area contributed by atoms with Crippen LogP contribution in [-0.4, -0.2) is 28.3 Å². The first-order valence-corrected chi connectivity index (χ1v) is 10.7. The number of aryl methyl sites for hydroxylation is 2. The number of nitrogens with zero attached hydrogens (tertiary/aromatic N) is 1. The molecule has 2 heterocycles. The molecule has 0 aliphatic carbocycles. The van der Waals surface area contributed by atoms with Crippen molar-refractivity contribution in [3.8, 4) is 5.75 Å². The van der Waals surface area contributed by atoms with Gasteiger partial charge in [-0.15, -0.1) is 5.48 Å². The van der Waals surface area contributed by atoms with E-state index >= 15 is 0 Å². The van der Waals surface area contributed by atoms with Gasteiger partial charge in [0.25, 0.3) is 0 Å². The summed E-state index contributed by atoms with van der Waals surface area (Å²) in [5.41, 5.74) is 6.74. The quantitative estimate of drug-likeness (QED) is 0.366. The fraction of sp³-hybridized carbons (Fsp3) is 0.192. The standard InChI is InChI=1S/C26H22N2O5/c1-4-28-20-11-9-16(23(30)17-8-6-5-7-14(17)2)13-19(20)22-21(28)12-10-18-24(31)26(32-25(18)22)27-33-15(3)29/h5-13,26-27H,4H2,1-3H3. The highest BCUT2D eigenvalue weighted by Crippen LogP contribution is 2.42. The zero-order chi connectivity index (χ0) is 23.3. The molecule has 1 N–H and O–H groups in total. The molecule has 1 unspecified atom stereocenters. The number of ether oxygens (including phenoxy) is 1. The molecule has 0 amide bonds. The molecule has 0 fully saturated rings. The lowest BCUT2D eigenvalue weighted by Gasteiger charge is -2.10. The molecule has 3 aromatic carbocycles. The van der Waals surface area contributed by atoms with Crippen molar-refractivity contribution in [3.63, 3.8) is 0 Å². The van der Waals surface area contributed by atoms with E-state index in [-0.39, 0.29) is 11.6 Å². The molecule has 1 aliphatic rings. The van der Waals surface area contributed by atoms with Crippen LogP contribution in [0.2, 0.25) is 0 Å². The predicted molar refractivity (Wildman–Crippen MR) is 123 cm³/mol. The average Bonchev–Trinajstić information content (AvgIpc) is 3.31. The summed E-state index contributed by atoms with van der Waals surface area (Å²) in [7, 11) is 0. The maximum atomic E-state index is 13.3. The maximum absolute atomic E-state index is 13.3. The fourth-order valence-electron chi connectivity index (χ4n) is 4.47. The Balaban J connectivity index is 1.69. The van der Waals surface area contributed by atoms with Crippen LogP contribution in [0.25, 0.3) is 21.8 Å². The molecule has 33 heavy (non-hydrogen) atoms. The molecular formula is C26H22N2O5. The number of aromatic nitrogens is 1. The summed E-state index contributed by atoms with van der Waals surface area (Å²) < 4.78 is 8.04. The van der Waals surface area contributed by atoms with Gasteiger partial charge in [0.2, 0.25) is 12.0 Å². The third kappa shape index (κ3) is 3.29. The fourth-order valence-corrected chi connectivity index (χ4v) is 4.47. The lowest BCUT2D eigenvalue weighted by Crippen LogP contribution is -2.38. The van der Waals surface area contributed by atoms with Crippen molar-refractivity contribution in [1.29, 1.82) is 0 Å². The largest absolute Gasteiger partial charge is 0.463 e. The molecule has 0 radical (unpaired) electrons. The average molecular weight is 442 g/mol. The van der Waals surface area contributed by atoms with E-state index in [1.807, 2.05) is 62.4 Å². The molecule has 0 saturated heterocycles. The normalized spacial score (nSPS) is 15.0. The van der Waals surface area contributed by atoms with Gasteiger partial charge in [-0.3, -0.25) is 14.4 Å². The molecule has 0 bridgehead atoms. The van der Waals surface area contributed by atoms with Gasteiger partial charge in [0.1, 0.15) is 5.75 Å². The minimum atomic E-state index is -1.12. The Labute approximate surface area is 189 Å². The number of ketones is 2. The molecule has 1 atom stereocenters. The molecular weight excluding hydrogens is 420 g/mol. The first kappa shape index (κ1) is 20.9. The van der Waals surface area contributed by atoms with Gasteiger partial charge >= 0.3 is 5.97 Å². The predicted octanol–water partition coefficient (Wildman–Crippen LogP) is 4.32. The van der Waals surface area contributed by atoms with Crippen molar-refractivity contribution in [3.05, 3.63) is 76.9 Å². The Bertz CT molecular complexity index is 1470. The van der Waals surface area contributed by atoms with Crippen LogP contribution in [0.5, 0.6) is 5.75 Å². The highest BCUT2D eigenvalue weighted by Gasteiger charge is 2.36. The van der Waals surface area contributed by atoms with Crippen LogP contribution in [0.15, 0.2) is 54.6 Å². The smallest absolute Gasteiger partial charge is 0.321 e. The van der Waals surface area contributed by atoms with E-state index in [9.17, 15) is 14.4 Å². The van der Waals surface area contributed by atoms with E-state index < -0.39 is 12.2 Å². The first-order valence-electron chi connectivity index (χ1n) is 10.7. The van der Waals surface area contributed by atoms with E-state index in [1.54, 1.807) is 6.07 Å².